The second kappa shape index (κ2) is 9.98. The number of ketones is 1. The lowest BCUT2D eigenvalue weighted by molar-refractivity contribution is -0.118. The number of methoxy groups -OCH3 is 1. The molecule has 0 N–H and O–H groups in total. The quantitative estimate of drug-likeness (QED) is 0.477. The summed E-state index contributed by atoms with van der Waals surface area (Å²) in [6, 6.07) is 15.5. The lowest BCUT2D eigenvalue weighted by atomic mass is 9.99. The van der Waals surface area contributed by atoms with Gasteiger partial charge in [-0.1, -0.05) is 31.2 Å². The van der Waals surface area contributed by atoms with Gasteiger partial charge in [0.25, 0.3) is 0 Å². The maximum absolute atomic E-state index is 14.7. The molecular weight excluding hydrogens is 395 g/mol. The van der Waals surface area contributed by atoms with Gasteiger partial charge in [0.2, 0.25) is 11.8 Å². The van der Waals surface area contributed by atoms with E-state index in [1.54, 1.807) is 30.3 Å². The highest BCUT2D eigenvalue weighted by molar-refractivity contribution is 5.97. The molecule has 6 heteroatoms. The summed E-state index contributed by atoms with van der Waals surface area (Å²) < 4.78 is 19.7. The zero-order chi connectivity index (χ0) is 22.4. The molecule has 1 aromatic heterocycles. The Morgan fingerprint density at radius 3 is 2.32 bits per heavy atom. The summed E-state index contributed by atoms with van der Waals surface area (Å²) in [5.74, 6) is -0.270. The molecule has 5 nitrogen and oxygen atoms in total. The Morgan fingerprint density at radius 1 is 1.03 bits per heavy atom. The second-order valence-electron chi connectivity index (χ2n) is 7.18. The molecule has 0 fully saturated rings. The number of halogens is 1. The first-order valence-corrected chi connectivity index (χ1v) is 10.1. The Labute approximate surface area is 181 Å². The van der Waals surface area contributed by atoms with Gasteiger partial charge in [-0.2, -0.15) is 0 Å². The van der Waals surface area contributed by atoms with Crippen molar-refractivity contribution < 1.29 is 18.7 Å². The molecular formula is C25H25FN2O3. The number of ether oxygens (including phenoxy) is 1. The number of carbonyl (C=O) groups excluding carboxylic acids is 2. The predicted molar refractivity (Wildman–Crippen MR) is 119 cm³/mol. The molecule has 0 saturated heterocycles. The van der Waals surface area contributed by atoms with Gasteiger partial charge in [-0.05, 0) is 47.4 Å². The van der Waals surface area contributed by atoms with Gasteiger partial charge in [0, 0.05) is 37.8 Å². The highest BCUT2D eigenvalue weighted by atomic mass is 19.1. The van der Waals surface area contributed by atoms with E-state index in [0.717, 1.165) is 16.8 Å². The molecule has 0 unspecified atom stereocenters. The van der Waals surface area contributed by atoms with Crippen molar-refractivity contribution in [2.75, 3.05) is 19.1 Å². The average molecular weight is 420 g/mol. The summed E-state index contributed by atoms with van der Waals surface area (Å²) >= 11 is 0. The van der Waals surface area contributed by atoms with Gasteiger partial charge in [0.05, 0.1) is 12.7 Å². The molecule has 0 atom stereocenters. The SMILES string of the molecule is CCC(=O)N(C)c1ccc(-c2ccc(C(=O)CCc3ccc(OC)nc3)c(F)c2)cc1. The normalized spacial score (nSPS) is 10.6. The monoisotopic (exact) mass is 420 g/mol. The van der Waals surface area contributed by atoms with Crippen LogP contribution in [0, 0.1) is 5.82 Å². The fourth-order valence-electron chi connectivity index (χ4n) is 3.25. The van der Waals surface area contributed by atoms with Crippen LogP contribution in [0.2, 0.25) is 0 Å². The fourth-order valence-corrected chi connectivity index (χ4v) is 3.25. The summed E-state index contributed by atoms with van der Waals surface area (Å²) in [4.78, 5) is 30.0. The van der Waals surface area contributed by atoms with Gasteiger partial charge in [0.1, 0.15) is 5.82 Å². The van der Waals surface area contributed by atoms with Crippen LogP contribution in [0.25, 0.3) is 11.1 Å². The van der Waals surface area contributed by atoms with E-state index >= 15 is 0 Å². The molecule has 2 aromatic carbocycles. The van der Waals surface area contributed by atoms with E-state index in [-0.39, 0.29) is 23.7 Å². The Balaban J connectivity index is 1.68. The lowest BCUT2D eigenvalue weighted by Gasteiger charge is -2.16. The fraction of sp³-hybridized carbons (Fsp3) is 0.240. The maximum atomic E-state index is 14.7. The number of hydrogen-bond donors (Lipinski definition) is 0. The summed E-state index contributed by atoms with van der Waals surface area (Å²) in [7, 11) is 3.26. The van der Waals surface area contributed by atoms with Crippen molar-refractivity contribution in [1.82, 2.24) is 4.98 Å². The minimum atomic E-state index is -0.544. The van der Waals surface area contributed by atoms with E-state index in [9.17, 15) is 14.0 Å². The largest absolute Gasteiger partial charge is 0.481 e. The number of hydrogen-bond acceptors (Lipinski definition) is 4. The Morgan fingerprint density at radius 2 is 1.74 bits per heavy atom. The van der Waals surface area contributed by atoms with Crippen LogP contribution in [0.1, 0.15) is 35.7 Å². The molecule has 3 aromatic rings. The van der Waals surface area contributed by atoms with Crippen molar-refractivity contribution in [3.8, 4) is 17.0 Å². The molecule has 1 heterocycles. The molecule has 31 heavy (non-hydrogen) atoms. The van der Waals surface area contributed by atoms with Gasteiger partial charge in [0.15, 0.2) is 5.78 Å². The molecule has 0 aliphatic rings. The Kier molecular flexibility index (Phi) is 7.13. The molecule has 0 radical (unpaired) electrons. The third-order valence-corrected chi connectivity index (χ3v) is 5.18. The predicted octanol–water partition coefficient (Wildman–Crippen LogP) is 5.08. The van der Waals surface area contributed by atoms with Gasteiger partial charge >= 0.3 is 0 Å². The van der Waals surface area contributed by atoms with E-state index in [4.69, 9.17) is 4.74 Å². The first-order valence-electron chi connectivity index (χ1n) is 10.1. The van der Waals surface area contributed by atoms with Crippen LogP contribution in [0.4, 0.5) is 10.1 Å². The van der Waals surface area contributed by atoms with Crippen molar-refractivity contribution in [2.24, 2.45) is 0 Å². The van der Waals surface area contributed by atoms with E-state index < -0.39 is 5.82 Å². The van der Waals surface area contributed by atoms with Crippen LogP contribution < -0.4 is 9.64 Å². The van der Waals surface area contributed by atoms with Gasteiger partial charge < -0.3 is 9.64 Å². The number of benzene rings is 2. The molecule has 160 valence electrons. The zero-order valence-corrected chi connectivity index (χ0v) is 17.9. The number of rotatable bonds is 8. The van der Waals surface area contributed by atoms with Gasteiger partial charge in [-0.3, -0.25) is 9.59 Å². The third-order valence-electron chi connectivity index (χ3n) is 5.18. The van der Waals surface area contributed by atoms with E-state index in [2.05, 4.69) is 4.98 Å². The van der Waals surface area contributed by atoms with Crippen molar-refractivity contribution in [2.45, 2.75) is 26.2 Å². The van der Waals surface area contributed by atoms with Gasteiger partial charge in [-0.15, -0.1) is 0 Å². The minimum absolute atomic E-state index is 0.0204. The highest BCUT2D eigenvalue weighted by Gasteiger charge is 2.14. The zero-order valence-electron chi connectivity index (χ0n) is 17.9. The standard InChI is InChI=1S/C25H25FN2O3/c1-4-25(30)28(2)20-10-7-18(8-11-20)19-9-12-21(22(26)15-19)23(29)13-5-17-6-14-24(31-3)27-16-17/h6-12,14-16H,4-5,13H2,1-3H3. The number of amides is 1. The summed E-state index contributed by atoms with van der Waals surface area (Å²) in [5, 5.41) is 0. The van der Waals surface area contributed by atoms with Crippen LogP contribution in [-0.2, 0) is 11.2 Å². The second-order valence-corrected chi connectivity index (χ2v) is 7.18. The van der Waals surface area contributed by atoms with Crippen molar-refractivity contribution in [1.29, 1.82) is 0 Å². The van der Waals surface area contributed by atoms with E-state index in [0.29, 0.717) is 24.3 Å². The Bertz CT molecular complexity index is 1060. The molecule has 0 saturated carbocycles. The first kappa shape index (κ1) is 22.2. The molecule has 0 aliphatic carbocycles. The number of anilines is 1. The topological polar surface area (TPSA) is 59.5 Å². The van der Waals surface area contributed by atoms with E-state index in [1.807, 2.05) is 37.3 Å². The maximum Gasteiger partial charge on any atom is 0.226 e. The third kappa shape index (κ3) is 5.34. The first-order chi connectivity index (χ1) is 14.9. The van der Waals surface area contributed by atoms with Crippen LogP contribution in [-0.4, -0.2) is 30.8 Å². The van der Waals surface area contributed by atoms with Gasteiger partial charge in [-0.25, -0.2) is 9.37 Å². The Hall–Kier alpha value is -3.54. The molecule has 1 amide bonds. The lowest BCUT2D eigenvalue weighted by Crippen LogP contribution is -2.24. The molecule has 0 aliphatic heterocycles. The molecule has 0 bridgehead atoms. The smallest absolute Gasteiger partial charge is 0.226 e. The number of nitrogens with zero attached hydrogens (tertiary/aromatic N) is 2. The van der Waals surface area contributed by atoms with Crippen LogP contribution >= 0.6 is 0 Å². The number of aromatic nitrogens is 1. The summed E-state index contributed by atoms with van der Waals surface area (Å²) in [6.45, 7) is 1.81. The van der Waals surface area contributed by atoms with E-state index in [1.165, 1.54) is 19.2 Å². The minimum Gasteiger partial charge on any atom is -0.481 e. The van der Waals surface area contributed by atoms with Crippen molar-refractivity contribution in [3.05, 3.63) is 77.7 Å². The number of aryl methyl sites for hydroxylation is 1. The van der Waals surface area contributed by atoms with Crippen LogP contribution in [0.15, 0.2) is 60.8 Å². The molecule has 0 spiro atoms. The van der Waals surface area contributed by atoms with Crippen molar-refractivity contribution in [3.63, 3.8) is 0 Å². The summed E-state index contributed by atoms with van der Waals surface area (Å²) in [6.07, 6.45) is 2.74. The molecule has 3 rings (SSSR count). The average Bonchev–Trinajstić information content (AvgIpc) is 2.81. The van der Waals surface area contributed by atoms with Crippen LogP contribution in [0.3, 0.4) is 0 Å². The number of pyridine rings is 1. The summed E-state index contributed by atoms with van der Waals surface area (Å²) in [5.41, 5.74) is 3.22. The number of carbonyl (C=O) groups is 2. The van der Waals surface area contributed by atoms with Crippen LogP contribution in [0.5, 0.6) is 5.88 Å². The highest BCUT2D eigenvalue weighted by Crippen LogP contribution is 2.25. The number of Topliss-reactive ketones (excluding diaryl/α,β-unsaturated/α-hetero) is 1. The van der Waals surface area contributed by atoms with Crippen molar-refractivity contribution >= 4 is 17.4 Å².